The number of sulfonamides is 1. The van der Waals surface area contributed by atoms with Crippen LogP contribution in [0.3, 0.4) is 0 Å². The molecule has 3 aromatic rings. The minimum Gasteiger partial charge on any atom is -0.471 e. The molecule has 0 spiro atoms. The van der Waals surface area contributed by atoms with E-state index in [1.807, 2.05) is 0 Å². The average molecular weight is 482 g/mol. The maximum absolute atomic E-state index is 13.8. The normalized spacial score (nSPS) is 13.9. The van der Waals surface area contributed by atoms with E-state index < -0.39 is 27.2 Å². The second-order valence-electron chi connectivity index (χ2n) is 7.43. The molecular formula is C21H18ClF2N3O4S. The minimum atomic E-state index is -3.34. The van der Waals surface area contributed by atoms with Gasteiger partial charge in [0.05, 0.1) is 11.9 Å². The third kappa shape index (κ3) is 4.25. The zero-order chi connectivity index (χ0) is 23.2. The van der Waals surface area contributed by atoms with Crippen LogP contribution >= 0.6 is 11.6 Å². The molecule has 0 fully saturated rings. The van der Waals surface area contributed by atoms with Crippen LogP contribution < -0.4 is 10.3 Å². The molecule has 0 N–H and O–H groups in total. The molecule has 7 nitrogen and oxygen atoms in total. The van der Waals surface area contributed by atoms with Gasteiger partial charge in [-0.15, -0.1) is 0 Å². The summed E-state index contributed by atoms with van der Waals surface area (Å²) in [5.74, 6) is -1.40. The number of aromatic nitrogens is 2. The van der Waals surface area contributed by atoms with Crippen molar-refractivity contribution in [3.8, 4) is 11.6 Å². The van der Waals surface area contributed by atoms with Crippen LogP contribution in [-0.2, 0) is 29.7 Å². The first-order valence-electron chi connectivity index (χ1n) is 9.48. The standard InChI is InChI=1S/C21H18ClF2N3O4S/c1-12-25-20(31-11-14-3-5-16(23)8-18(14)24)19(22)21(28)27(12)17-6-4-13-9-26(32(2,29)30)10-15(13)7-17/h3-8H,9-11H2,1-2H3. The summed E-state index contributed by atoms with van der Waals surface area (Å²) in [6, 6.07) is 8.23. The molecule has 32 heavy (non-hydrogen) atoms. The number of fused-ring (bicyclic) bond motifs is 1. The first-order valence-corrected chi connectivity index (χ1v) is 11.7. The van der Waals surface area contributed by atoms with Crippen molar-refractivity contribution < 1.29 is 21.9 Å². The SMILES string of the molecule is Cc1nc(OCc2ccc(F)cc2F)c(Cl)c(=O)n1-c1ccc2c(c1)CN(S(C)(=O)=O)C2. The van der Waals surface area contributed by atoms with Gasteiger partial charge in [0, 0.05) is 24.7 Å². The quantitative estimate of drug-likeness (QED) is 0.558. The van der Waals surface area contributed by atoms with Gasteiger partial charge in [0.25, 0.3) is 5.56 Å². The van der Waals surface area contributed by atoms with E-state index in [0.29, 0.717) is 5.69 Å². The summed E-state index contributed by atoms with van der Waals surface area (Å²) in [6.45, 7) is 1.77. The van der Waals surface area contributed by atoms with Crippen LogP contribution in [0.4, 0.5) is 8.78 Å². The molecule has 1 aromatic heterocycles. The summed E-state index contributed by atoms with van der Waals surface area (Å²) in [6.07, 6.45) is 1.15. The third-order valence-electron chi connectivity index (χ3n) is 5.16. The molecule has 1 aliphatic rings. The van der Waals surface area contributed by atoms with Crippen LogP contribution in [-0.4, -0.2) is 28.5 Å². The Bertz CT molecular complexity index is 1390. The number of benzene rings is 2. The van der Waals surface area contributed by atoms with E-state index in [9.17, 15) is 22.0 Å². The lowest BCUT2D eigenvalue weighted by atomic mass is 10.1. The summed E-state index contributed by atoms with van der Waals surface area (Å²) in [5.41, 5.74) is 1.60. The molecule has 168 valence electrons. The minimum absolute atomic E-state index is 0.0835. The maximum atomic E-state index is 13.8. The number of hydrogen-bond donors (Lipinski definition) is 0. The third-order valence-corrected chi connectivity index (χ3v) is 6.68. The summed E-state index contributed by atoms with van der Waals surface area (Å²) in [4.78, 5) is 17.2. The monoisotopic (exact) mass is 481 g/mol. The molecule has 0 bridgehead atoms. The molecule has 0 radical (unpaired) electrons. The number of rotatable bonds is 5. The molecule has 0 saturated carbocycles. The Morgan fingerprint density at radius 2 is 1.84 bits per heavy atom. The Labute approximate surface area is 187 Å². The Morgan fingerprint density at radius 1 is 1.12 bits per heavy atom. The van der Waals surface area contributed by atoms with Crippen molar-refractivity contribution in [3.63, 3.8) is 0 Å². The fourth-order valence-corrected chi connectivity index (χ4v) is 4.42. The van der Waals surface area contributed by atoms with E-state index in [1.165, 1.54) is 14.9 Å². The van der Waals surface area contributed by atoms with Crippen molar-refractivity contribution in [1.82, 2.24) is 13.9 Å². The summed E-state index contributed by atoms with van der Waals surface area (Å²) < 4.78 is 58.6. The second-order valence-corrected chi connectivity index (χ2v) is 9.79. The zero-order valence-corrected chi connectivity index (χ0v) is 18.7. The van der Waals surface area contributed by atoms with Crippen molar-refractivity contribution in [2.24, 2.45) is 0 Å². The number of nitrogens with zero attached hydrogens (tertiary/aromatic N) is 3. The number of halogens is 3. The van der Waals surface area contributed by atoms with E-state index in [0.717, 1.165) is 29.5 Å². The van der Waals surface area contributed by atoms with Crippen LogP contribution in [0.2, 0.25) is 5.02 Å². The van der Waals surface area contributed by atoms with Crippen molar-refractivity contribution in [1.29, 1.82) is 0 Å². The lowest BCUT2D eigenvalue weighted by molar-refractivity contribution is 0.285. The van der Waals surface area contributed by atoms with E-state index in [4.69, 9.17) is 16.3 Å². The molecule has 4 rings (SSSR count). The van der Waals surface area contributed by atoms with Gasteiger partial charge in [-0.05, 0) is 42.3 Å². The van der Waals surface area contributed by atoms with Gasteiger partial charge in [-0.2, -0.15) is 9.29 Å². The molecule has 1 aliphatic heterocycles. The highest BCUT2D eigenvalue weighted by molar-refractivity contribution is 7.88. The molecule has 2 heterocycles. The lowest BCUT2D eigenvalue weighted by Gasteiger charge is -2.14. The Kier molecular flexibility index (Phi) is 5.78. The van der Waals surface area contributed by atoms with Crippen molar-refractivity contribution in [2.45, 2.75) is 26.6 Å². The van der Waals surface area contributed by atoms with E-state index in [2.05, 4.69) is 4.98 Å². The van der Waals surface area contributed by atoms with Gasteiger partial charge in [0.15, 0.2) is 5.02 Å². The van der Waals surface area contributed by atoms with Gasteiger partial charge < -0.3 is 4.74 Å². The number of ether oxygens (including phenoxy) is 1. The first-order chi connectivity index (χ1) is 15.0. The highest BCUT2D eigenvalue weighted by Crippen LogP contribution is 2.28. The maximum Gasteiger partial charge on any atom is 0.280 e. The average Bonchev–Trinajstić information content (AvgIpc) is 3.15. The molecule has 0 amide bonds. The zero-order valence-electron chi connectivity index (χ0n) is 17.1. The largest absolute Gasteiger partial charge is 0.471 e. The van der Waals surface area contributed by atoms with Crippen LogP contribution in [0.1, 0.15) is 22.5 Å². The van der Waals surface area contributed by atoms with Gasteiger partial charge in [-0.25, -0.2) is 17.2 Å². The number of aryl methyl sites for hydroxylation is 1. The highest BCUT2D eigenvalue weighted by Gasteiger charge is 2.26. The van der Waals surface area contributed by atoms with Crippen LogP contribution in [0.15, 0.2) is 41.2 Å². The van der Waals surface area contributed by atoms with Gasteiger partial charge in [0.2, 0.25) is 15.9 Å². The Hall–Kier alpha value is -2.82. The van der Waals surface area contributed by atoms with Gasteiger partial charge in [-0.3, -0.25) is 9.36 Å². The molecule has 0 unspecified atom stereocenters. The fraction of sp³-hybridized carbons (Fsp3) is 0.238. The Balaban J connectivity index is 1.64. The van der Waals surface area contributed by atoms with Crippen LogP contribution in [0.5, 0.6) is 5.88 Å². The summed E-state index contributed by atoms with van der Waals surface area (Å²) in [7, 11) is -3.34. The molecule has 0 saturated heterocycles. The Morgan fingerprint density at radius 3 is 2.53 bits per heavy atom. The molecular weight excluding hydrogens is 464 g/mol. The number of hydrogen-bond acceptors (Lipinski definition) is 5. The summed E-state index contributed by atoms with van der Waals surface area (Å²) in [5, 5.41) is -0.295. The molecule has 2 aromatic carbocycles. The van der Waals surface area contributed by atoms with E-state index >= 15 is 0 Å². The molecule has 0 atom stereocenters. The van der Waals surface area contributed by atoms with E-state index in [-0.39, 0.29) is 42.0 Å². The highest BCUT2D eigenvalue weighted by atomic mass is 35.5. The fourth-order valence-electron chi connectivity index (χ4n) is 3.49. The van der Waals surface area contributed by atoms with Crippen molar-refractivity contribution >= 4 is 21.6 Å². The summed E-state index contributed by atoms with van der Waals surface area (Å²) >= 11 is 6.19. The van der Waals surface area contributed by atoms with Crippen molar-refractivity contribution in [3.05, 3.63) is 85.9 Å². The van der Waals surface area contributed by atoms with Crippen LogP contribution in [0, 0.1) is 18.6 Å². The molecule has 11 heteroatoms. The molecule has 0 aliphatic carbocycles. The lowest BCUT2D eigenvalue weighted by Crippen LogP contribution is -2.24. The van der Waals surface area contributed by atoms with Gasteiger partial charge in [0.1, 0.15) is 24.1 Å². The second kappa shape index (κ2) is 8.27. The van der Waals surface area contributed by atoms with Crippen molar-refractivity contribution in [2.75, 3.05) is 6.26 Å². The predicted octanol–water partition coefficient (Wildman–Crippen LogP) is 3.33. The topological polar surface area (TPSA) is 81.5 Å². The van der Waals surface area contributed by atoms with E-state index in [1.54, 1.807) is 25.1 Å². The van der Waals surface area contributed by atoms with Crippen LogP contribution in [0.25, 0.3) is 5.69 Å². The van der Waals surface area contributed by atoms with Gasteiger partial charge >= 0.3 is 0 Å². The smallest absolute Gasteiger partial charge is 0.280 e. The predicted molar refractivity (Wildman–Crippen MR) is 114 cm³/mol. The van der Waals surface area contributed by atoms with Gasteiger partial charge in [-0.1, -0.05) is 17.7 Å². The first kappa shape index (κ1) is 22.4.